The molecule has 1 saturated heterocycles. The maximum atomic E-state index is 12.1. The molecule has 0 saturated carbocycles. The SMILES string of the molecule is O=S(=O)(OCC1CO1)c1cccc2ccccc12. The Hall–Kier alpha value is -1.43. The predicted molar refractivity (Wildman–Crippen MR) is 66.8 cm³/mol. The molecule has 18 heavy (non-hydrogen) atoms. The molecule has 94 valence electrons. The van der Waals surface area contributed by atoms with Gasteiger partial charge in [-0.25, -0.2) is 0 Å². The quantitative estimate of drug-likeness (QED) is 0.625. The second-order valence-electron chi connectivity index (χ2n) is 4.17. The van der Waals surface area contributed by atoms with Gasteiger partial charge in [0.1, 0.15) is 11.0 Å². The van der Waals surface area contributed by atoms with Crippen molar-refractivity contribution in [3.05, 3.63) is 42.5 Å². The molecule has 0 bridgehead atoms. The normalized spacial score (nSPS) is 19.0. The monoisotopic (exact) mass is 264 g/mol. The maximum absolute atomic E-state index is 12.1. The number of hydrogen-bond acceptors (Lipinski definition) is 4. The molecular formula is C13H12O4S. The predicted octanol–water partition coefficient (Wildman–Crippen LogP) is 1.94. The number of benzene rings is 2. The van der Waals surface area contributed by atoms with Gasteiger partial charge in [0, 0.05) is 5.39 Å². The molecule has 0 radical (unpaired) electrons. The molecule has 0 amide bonds. The van der Waals surface area contributed by atoms with Crippen LogP contribution in [0.25, 0.3) is 10.8 Å². The number of rotatable bonds is 4. The summed E-state index contributed by atoms with van der Waals surface area (Å²) in [4.78, 5) is 0.209. The summed E-state index contributed by atoms with van der Waals surface area (Å²) in [6.07, 6.45) is -0.0743. The molecule has 1 heterocycles. The van der Waals surface area contributed by atoms with Gasteiger partial charge in [0.2, 0.25) is 0 Å². The molecule has 1 aliphatic rings. The van der Waals surface area contributed by atoms with Crippen molar-refractivity contribution in [3.63, 3.8) is 0 Å². The van der Waals surface area contributed by atoms with Crippen LogP contribution in [0.15, 0.2) is 47.4 Å². The van der Waals surface area contributed by atoms with Gasteiger partial charge in [-0.05, 0) is 11.5 Å². The number of hydrogen-bond donors (Lipinski definition) is 0. The lowest BCUT2D eigenvalue weighted by Crippen LogP contribution is -2.11. The number of ether oxygens (including phenoxy) is 1. The van der Waals surface area contributed by atoms with Crippen LogP contribution in [0.3, 0.4) is 0 Å². The number of fused-ring (bicyclic) bond motifs is 1. The fourth-order valence-corrected chi connectivity index (χ4v) is 2.97. The summed E-state index contributed by atoms with van der Waals surface area (Å²) in [5.41, 5.74) is 0. The van der Waals surface area contributed by atoms with Crippen molar-refractivity contribution in [3.8, 4) is 0 Å². The van der Waals surface area contributed by atoms with E-state index < -0.39 is 10.1 Å². The molecule has 0 spiro atoms. The smallest absolute Gasteiger partial charge is 0.297 e. The largest absolute Gasteiger partial charge is 0.371 e. The van der Waals surface area contributed by atoms with E-state index in [4.69, 9.17) is 8.92 Å². The molecule has 3 rings (SSSR count). The molecule has 2 aromatic rings. The third kappa shape index (κ3) is 2.25. The van der Waals surface area contributed by atoms with E-state index in [-0.39, 0.29) is 17.6 Å². The molecule has 0 N–H and O–H groups in total. The first kappa shape index (κ1) is 11.6. The summed E-state index contributed by atoms with van der Waals surface area (Å²) in [5.74, 6) is 0. The Morgan fingerprint density at radius 1 is 1.17 bits per heavy atom. The van der Waals surface area contributed by atoms with Crippen LogP contribution in [0.5, 0.6) is 0 Å². The Balaban J connectivity index is 2.01. The number of epoxide rings is 1. The van der Waals surface area contributed by atoms with Gasteiger partial charge in [-0.3, -0.25) is 4.18 Å². The third-order valence-corrected chi connectivity index (χ3v) is 4.17. The van der Waals surface area contributed by atoms with E-state index in [1.54, 1.807) is 18.2 Å². The van der Waals surface area contributed by atoms with Crippen molar-refractivity contribution >= 4 is 20.9 Å². The van der Waals surface area contributed by atoms with Crippen LogP contribution in [0.2, 0.25) is 0 Å². The Morgan fingerprint density at radius 3 is 2.67 bits per heavy atom. The molecule has 0 aliphatic carbocycles. The van der Waals surface area contributed by atoms with Gasteiger partial charge < -0.3 is 4.74 Å². The summed E-state index contributed by atoms with van der Waals surface area (Å²) in [7, 11) is -3.72. The first-order valence-electron chi connectivity index (χ1n) is 5.66. The standard InChI is InChI=1S/C13H12O4S/c14-18(15,17-9-11-8-16-11)13-7-3-5-10-4-1-2-6-12(10)13/h1-7,11H,8-9H2. The summed E-state index contributed by atoms with van der Waals surface area (Å²) in [6, 6.07) is 12.5. The molecule has 1 unspecified atom stereocenters. The van der Waals surface area contributed by atoms with Gasteiger partial charge in [0.15, 0.2) is 0 Å². The van der Waals surface area contributed by atoms with E-state index in [1.165, 1.54) is 0 Å². The van der Waals surface area contributed by atoms with Crippen molar-refractivity contribution < 1.29 is 17.3 Å². The van der Waals surface area contributed by atoms with Gasteiger partial charge in [-0.1, -0.05) is 36.4 Å². The lowest BCUT2D eigenvalue weighted by Gasteiger charge is -2.07. The van der Waals surface area contributed by atoms with Gasteiger partial charge in [0.05, 0.1) is 13.2 Å². The fourth-order valence-electron chi connectivity index (χ4n) is 1.81. The fraction of sp³-hybridized carbons (Fsp3) is 0.231. The third-order valence-electron chi connectivity index (χ3n) is 2.83. The van der Waals surface area contributed by atoms with Crippen molar-refractivity contribution in [2.24, 2.45) is 0 Å². The molecule has 5 heteroatoms. The van der Waals surface area contributed by atoms with E-state index in [0.717, 1.165) is 5.39 Å². The second-order valence-corrected chi connectivity index (χ2v) is 5.76. The van der Waals surface area contributed by atoms with Gasteiger partial charge >= 0.3 is 0 Å². The minimum atomic E-state index is -3.72. The molecule has 1 atom stereocenters. The van der Waals surface area contributed by atoms with Crippen LogP contribution in [0.1, 0.15) is 0 Å². The van der Waals surface area contributed by atoms with E-state index >= 15 is 0 Å². The average Bonchev–Trinajstić information content (AvgIpc) is 3.20. The molecule has 0 aromatic heterocycles. The van der Waals surface area contributed by atoms with Gasteiger partial charge in [0.25, 0.3) is 10.1 Å². The van der Waals surface area contributed by atoms with Gasteiger partial charge in [-0.15, -0.1) is 0 Å². The van der Waals surface area contributed by atoms with Crippen molar-refractivity contribution in [2.75, 3.05) is 13.2 Å². The van der Waals surface area contributed by atoms with E-state index in [1.807, 2.05) is 24.3 Å². The van der Waals surface area contributed by atoms with E-state index in [0.29, 0.717) is 12.0 Å². The second kappa shape index (κ2) is 4.35. The van der Waals surface area contributed by atoms with Crippen LogP contribution in [0.4, 0.5) is 0 Å². The van der Waals surface area contributed by atoms with Crippen molar-refractivity contribution in [1.29, 1.82) is 0 Å². The zero-order chi connectivity index (χ0) is 12.6. The zero-order valence-electron chi connectivity index (χ0n) is 9.57. The Kier molecular flexibility index (Phi) is 2.81. The molecule has 2 aromatic carbocycles. The summed E-state index contributed by atoms with van der Waals surface area (Å²) in [5, 5.41) is 1.56. The zero-order valence-corrected chi connectivity index (χ0v) is 10.4. The summed E-state index contributed by atoms with van der Waals surface area (Å²) < 4.78 is 34.1. The highest BCUT2D eigenvalue weighted by Gasteiger charge is 2.27. The highest BCUT2D eigenvalue weighted by atomic mass is 32.2. The van der Waals surface area contributed by atoms with E-state index in [2.05, 4.69) is 0 Å². The minimum absolute atomic E-state index is 0.0743. The first-order valence-corrected chi connectivity index (χ1v) is 7.06. The molecular weight excluding hydrogens is 252 g/mol. The maximum Gasteiger partial charge on any atom is 0.297 e. The highest BCUT2D eigenvalue weighted by molar-refractivity contribution is 7.87. The lowest BCUT2D eigenvalue weighted by atomic mass is 10.1. The van der Waals surface area contributed by atoms with Crippen LogP contribution >= 0.6 is 0 Å². The molecule has 1 fully saturated rings. The van der Waals surface area contributed by atoms with E-state index in [9.17, 15) is 8.42 Å². The topological polar surface area (TPSA) is 55.9 Å². The van der Waals surface area contributed by atoms with Crippen LogP contribution in [-0.2, 0) is 19.0 Å². The van der Waals surface area contributed by atoms with Crippen LogP contribution < -0.4 is 0 Å². The minimum Gasteiger partial charge on any atom is -0.371 e. The molecule has 1 aliphatic heterocycles. The van der Waals surface area contributed by atoms with Crippen LogP contribution in [0, 0.1) is 0 Å². The van der Waals surface area contributed by atoms with Crippen molar-refractivity contribution in [2.45, 2.75) is 11.0 Å². The Bertz CT molecular complexity index is 669. The average molecular weight is 264 g/mol. The first-order chi connectivity index (χ1) is 8.67. The summed E-state index contributed by atoms with van der Waals surface area (Å²) >= 11 is 0. The lowest BCUT2D eigenvalue weighted by molar-refractivity contribution is 0.267. The molecule has 4 nitrogen and oxygen atoms in total. The Morgan fingerprint density at radius 2 is 1.89 bits per heavy atom. The van der Waals surface area contributed by atoms with Crippen LogP contribution in [-0.4, -0.2) is 27.7 Å². The van der Waals surface area contributed by atoms with Crippen molar-refractivity contribution in [1.82, 2.24) is 0 Å². The Labute approximate surface area is 105 Å². The van der Waals surface area contributed by atoms with Gasteiger partial charge in [-0.2, -0.15) is 8.42 Å². The highest BCUT2D eigenvalue weighted by Crippen LogP contribution is 2.25. The summed E-state index contributed by atoms with van der Waals surface area (Å²) in [6.45, 7) is 0.663.